The summed E-state index contributed by atoms with van der Waals surface area (Å²) in [6, 6.07) is 0. The van der Waals surface area contributed by atoms with E-state index in [2.05, 4.69) is 37.8 Å². The topological polar surface area (TPSA) is 0 Å². The molecule has 0 N–H and O–H groups in total. The van der Waals surface area contributed by atoms with Crippen LogP contribution >= 0.6 is 0 Å². The monoisotopic (exact) mass is 146 g/mol. The molecule has 0 amide bonds. The third kappa shape index (κ3) is 2.25. The van der Waals surface area contributed by atoms with Crippen LogP contribution < -0.4 is 0 Å². The lowest BCUT2D eigenvalue weighted by molar-refractivity contribution is 1.11. The number of rotatable bonds is 2. The number of allylic oxidation sites excluding steroid dienone is 5. The van der Waals surface area contributed by atoms with Crippen molar-refractivity contribution in [2.24, 2.45) is 0 Å². The van der Waals surface area contributed by atoms with Crippen molar-refractivity contribution in [2.45, 2.75) is 26.7 Å². The van der Waals surface area contributed by atoms with Gasteiger partial charge in [-0.1, -0.05) is 26.0 Å². The van der Waals surface area contributed by atoms with Gasteiger partial charge in [0.05, 0.1) is 0 Å². The molecule has 1 aliphatic rings. The quantitative estimate of drug-likeness (QED) is 0.524. The van der Waals surface area contributed by atoms with E-state index in [4.69, 9.17) is 0 Å². The molecule has 0 atom stereocenters. The molecule has 1 rings (SSSR count). The van der Waals surface area contributed by atoms with E-state index in [1.165, 1.54) is 11.1 Å². The molecule has 0 saturated heterocycles. The molecule has 0 aromatic heterocycles. The van der Waals surface area contributed by atoms with Crippen molar-refractivity contribution in [3.05, 3.63) is 41.2 Å². The zero-order valence-corrected chi connectivity index (χ0v) is 7.22. The fraction of sp³-hybridized carbons (Fsp3) is 0.364. The SMILES string of the molecule is CCC1=C=CC=CC(CC)=C1. The zero-order chi connectivity index (χ0) is 8.10. The Hall–Kier alpha value is -1.00. The first-order chi connectivity index (χ1) is 5.36. The first-order valence-electron chi connectivity index (χ1n) is 4.19. The lowest BCUT2D eigenvalue weighted by Crippen LogP contribution is -1.76. The van der Waals surface area contributed by atoms with Gasteiger partial charge in [0.1, 0.15) is 0 Å². The maximum Gasteiger partial charge on any atom is -0.00604 e. The van der Waals surface area contributed by atoms with Gasteiger partial charge >= 0.3 is 0 Å². The van der Waals surface area contributed by atoms with Crippen molar-refractivity contribution < 1.29 is 0 Å². The Morgan fingerprint density at radius 2 is 2.09 bits per heavy atom. The first-order valence-corrected chi connectivity index (χ1v) is 4.19. The van der Waals surface area contributed by atoms with Crippen molar-refractivity contribution in [3.63, 3.8) is 0 Å². The third-order valence-electron chi connectivity index (χ3n) is 1.82. The van der Waals surface area contributed by atoms with Crippen LogP contribution in [0.1, 0.15) is 26.7 Å². The van der Waals surface area contributed by atoms with Gasteiger partial charge in [-0.2, -0.15) is 0 Å². The lowest BCUT2D eigenvalue weighted by atomic mass is 10.1. The molecule has 0 bridgehead atoms. The lowest BCUT2D eigenvalue weighted by Gasteiger charge is -1.95. The molecule has 0 fully saturated rings. The van der Waals surface area contributed by atoms with Crippen LogP contribution in [-0.2, 0) is 0 Å². The highest BCUT2D eigenvalue weighted by Crippen LogP contribution is 2.12. The van der Waals surface area contributed by atoms with E-state index in [1.807, 2.05) is 6.08 Å². The van der Waals surface area contributed by atoms with Crippen LogP contribution in [0.4, 0.5) is 0 Å². The summed E-state index contributed by atoms with van der Waals surface area (Å²) in [4.78, 5) is 0. The van der Waals surface area contributed by atoms with Crippen molar-refractivity contribution in [1.82, 2.24) is 0 Å². The second-order valence-electron chi connectivity index (χ2n) is 2.62. The van der Waals surface area contributed by atoms with Gasteiger partial charge in [-0.25, -0.2) is 0 Å². The summed E-state index contributed by atoms with van der Waals surface area (Å²) < 4.78 is 0. The van der Waals surface area contributed by atoms with Gasteiger partial charge < -0.3 is 0 Å². The minimum absolute atomic E-state index is 1.07. The molecular weight excluding hydrogens is 132 g/mol. The summed E-state index contributed by atoms with van der Waals surface area (Å²) in [7, 11) is 0. The van der Waals surface area contributed by atoms with Gasteiger partial charge in [0, 0.05) is 0 Å². The Kier molecular flexibility index (Phi) is 2.95. The molecule has 0 nitrogen and oxygen atoms in total. The highest BCUT2D eigenvalue weighted by atomic mass is 14.0. The van der Waals surface area contributed by atoms with E-state index in [-0.39, 0.29) is 0 Å². The van der Waals surface area contributed by atoms with Crippen LogP contribution in [0.5, 0.6) is 0 Å². The Balaban J connectivity index is 2.89. The maximum absolute atomic E-state index is 3.22. The first kappa shape index (κ1) is 8.10. The van der Waals surface area contributed by atoms with Crippen LogP contribution in [-0.4, -0.2) is 0 Å². The predicted molar refractivity (Wildman–Crippen MR) is 49.4 cm³/mol. The van der Waals surface area contributed by atoms with E-state index in [0.29, 0.717) is 0 Å². The summed E-state index contributed by atoms with van der Waals surface area (Å²) in [5.74, 6) is 0. The van der Waals surface area contributed by atoms with Crippen molar-refractivity contribution in [2.75, 3.05) is 0 Å². The molecule has 0 aromatic rings. The average Bonchev–Trinajstić information content (AvgIpc) is 2.28. The second kappa shape index (κ2) is 4.00. The normalized spacial score (nSPS) is 15.8. The van der Waals surface area contributed by atoms with E-state index in [0.717, 1.165) is 12.8 Å². The Morgan fingerprint density at radius 3 is 2.73 bits per heavy atom. The van der Waals surface area contributed by atoms with Crippen LogP contribution in [0.15, 0.2) is 41.2 Å². The summed E-state index contributed by atoms with van der Waals surface area (Å²) in [6.07, 6.45) is 10.6. The Bertz CT molecular complexity index is 245. The van der Waals surface area contributed by atoms with Crippen LogP contribution in [0.25, 0.3) is 0 Å². The molecule has 0 spiro atoms. The van der Waals surface area contributed by atoms with E-state index in [1.54, 1.807) is 0 Å². The van der Waals surface area contributed by atoms with Gasteiger partial charge in [0.2, 0.25) is 0 Å². The van der Waals surface area contributed by atoms with Gasteiger partial charge in [-0.05, 0) is 36.1 Å². The molecule has 0 radical (unpaired) electrons. The third-order valence-corrected chi connectivity index (χ3v) is 1.82. The molecule has 11 heavy (non-hydrogen) atoms. The maximum atomic E-state index is 3.22. The molecule has 0 saturated carbocycles. The van der Waals surface area contributed by atoms with Crippen molar-refractivity contribution in [3.8, 4) is 0 Å². The van der Waals surface area contributed by atoms with Gasteiger partial charge in [0.15, 0.2) is 0 Å². The predicted octanol–water partition coefficient (Wildman–Crippen LogP) is 3.38. The molecule has 0 aliphatic heterocycles. The van der Waals surface area contributed by atoms with E-state index >= 15 is 0 Å². The molecule has 0 heterocycles. The minimum atomic E-state index is 1.07. The van der Waals surface area contributed by atoms with Crippen LogP contribution in [0, 0.1) is 0 Å². The summed E-state index contributed by atoms with van der Waals surface area (Å²) in [6.45, 7) is 4.33. The fourth-order valence-corrected chi connectivity index (χ4v) is 1.06. The van der Waals surface area contributed by atoms with E-state index < -0.39 is 0 Å². The van der Waals surface area contributed by atoms with Crippen LogP contribution in [0.3, 0.4) is 0 Å². The van der Waals surface area contributed by atoms with Gasteiger partial charge in [-0.15, -0.1) is 5.73 Å². The van der Waals surface area contributed by atoms with Crippen molar-refractivity contribution >= 4 is 0 Å². The standard InChI is InChI=1S/C11H14/c1-3-10-7-5-6-8-11(4-2)9-10/h5-7,9H,3-4H2,1-2H3. The van der Waals surface area contributed by atoms with Gasteiger partial charge in [-0.3, -0.25) is 0 Å². The smallest absolute Gasteiger partial charge is 0.00604 e. The Morgan fingerprint density at radius 1 is 1.27 bits per heavy atom. The molecule has 0 unspecified atom stereocenters. The summed E-state index contributed by atoms with van der Waals surface area (Å²) in [5, 5.41) is 0. The summed E-state index contributed by atoms with van der Waals surface area (Å²) in [5.41, 5.74) is 5.91. The van der Waals surface area contributed by atoms with E-state index in [9.17, 15) is 0 Å². The highest BCUT2D eigenvalue weighted by Gasteiger charge is 1.92. The summed E-state index contributed by atoms with van der Waals surface area (Å²) >= 11 is 0. The minimum Gasteiger partial charge on any atom is -0.117 e. The average molecular weight is 146 g/mol. The van der Waals surface area contributed by atoms with Crippen LogP contribution in [0.2, 0.25) is 0 Å². The molecular formula is C11H14. The fourth-order valence-electron chi connectivity index (χ4n) is 1.06. The number of hydrogen-bond donors (Lipinski definition) is 0. The largest absolute Gasteiger partial charge is 0.117 e. The molecule has 0 aromatic carbocycles. The second-order valence-corrected chi connectivity index (χ2v) is 2.62. The Labute approximate surface area is 68.6 Å². The molecule has 0 heteroatoms. The van der Waals surface area contributed by atoms with Gasteiger partial charge in [0.25, 0.3) is 0 Å². The number of hydrogen-bond acceptors (Lipinski definition) is 0. The molecule has 58 valence electrons. The highest BCUT2D eigenvalue weighted by molar-refractivity contribution is 5.34. The van der Waals surface area contributed by atoms with Crippen molar-refractivity contribution in [1.29, 1.82) is 0 Å². The zero-order valence-electron chi connectivity index (χ0n) is 7.22. The molecule has 1 aliphatic carbocycles.